The van der Waals surface area contributed by atoms with Gasteiger partial charge in [-0.2, -0.15) is 0 Å². The molecule has 1 heterocycles. The molecule has 0 aromatic heterocycles. The Kier molecular flexibility index (Phi) is 2.79. The van der Waals surface area contributed by atoms with E-state index in [0.29, 0.717) is 0 Å². The van der Waals surface area contributed by atoms with Gasteiger partial charge in [0, 0.05) is 22.3 Å². The number of allylic oxidation sites excluding steroid dienone is 1. The lowest BCUT2D eigenvalue weighted by molar-refractivity contribution is 0.686. The van der Waals surface area contributed by atoms with Crippen LogP contribution in [0.2, 0.25) is 0 Å². The van der Waals surface area contributed by atoms with Crippen LogP contribution in [0.4, 0.5) is 0 Å². The maximum Gasteiger partial charge on any atom is 0.0981 e. The monoisotopic (exact) mass is 162 g/mol. The first-order chi connectivity index (χ1) is 4.34. The molecule has 52 valence electrons. The van der Waals surface area contributed by atoms with Crippen LogP contribution in [0, 0.1) is 0 Å². The smallest absolute Gasteiger partial charge is 0.0981 e. The number of thioether (sulfide) groups is 1. The van der Waals surface area contributed by atoms with Gasteiger partial charge in [0.15, 0.2) is 0 Å². The van der Waals surface area contributed by atoms with Gasteiger partial charge >= 0.3 is 0 Å². The maximum absolute atomic E-state index is 11.0. The van der Waals surface area contributed by atoms with Crippen LogP contribution in [0.3, 0.4) is 0 Å². The van der Waals surface area contributed by atoms with Crippen molar-refractivity contribution in [2.75, 3.05) is 11.5 Å². The summed E-state index contributed by atoms with van der Waals surface area (Å²) in [5.74, 6) is 1.93. The molecule has 1 rings (SSSR count). The molecule has 0 radical (unpaired) electrons. The Hall–Kier alpha value is 0.240. The molecule has 0 aromatic carbocycles. The van der Waals surface area contributed by atoms with Gasteiger partial charge in [0.2, 0.25) is 0 Å². The standard InChI is InChI=1S/C6H10OS2/c1-2-3-6-8-4-5-9(6)7/h2-3,6H,4-5H2,1H3/b3-2+/t6-,9-/m0/s1. The van der Waals surface area contributed by atoms with Gasteiger partial charge in [-0.05, 0) is 6.92 Å². The average molecular weight is 162 g/mol. The Labute approximate surface area is 62.4 Å². The number of hydrogen-bond donors (Lipinski definition) is 0. The topological polar surface area (TPSA) is 17.1 Å². The summed E-state index contributed by atoms with van der Waals surface area (Å²) in [5, 5.41) is 0. The highest BCUT2D eigenvalue weighted by atomic mass is 32.2. The summed E-state index contributed by atoms with van der Waals surface area (Å²) >= 11 is 1.79. The van der Waals surface area contributed by atoms with Crippen LogP contribution < -0.4 is 0 Å². The summed E-state index contributed by atoms with van der Waals surface area (Å²) in [5.41, 5.74) is 0. The van der Waals surface area contributed by atoms with Crippen molar-refractivity contribution in [3.63, 3.8) is 0 Å². The van der Waals surface area contributed by atoms with Crippen LogP contribution in [-0.4, -0.2) is 20.3 Å². The van der Waals surface area contributed by atoms with Crippen molar-refractivity contribution >= 4 is 22.6 Å². The fourth-order valence-corrected chi connectivity index (χ4v) is 4.03. The van der Waals surface area contributed by atoms with Gasteiger partial charge < -0.3 is 0 Å². The van der Waals surface area contributed by atoms with E-state index < -0.39 is 10.8 Å². The van der Waals surface area contributed by atoms with Crippen molar-refractivity contribution in [3.05, 3.63) is 12.2 Å². The van der Waals surface area contributed by atoms with Crippen molar-refractivity contribution in [1.29, 1.82) is 0 Å². The molecule has 1 fully saturated rings. The zero-order valence-corrected chi connectivity index (χ0v) is 7.00. The lowest BCUT2D eigenvalue weighted by Crippen LogP contribution is -2.00. The van der Waals surface area contributed by atoms with E-state index in [-0.39, 0.29) is 4.58 Å². The molecule has 1 nitrogen and oxygen atoms in total. The maximum atomic E-state index is 11.0. The summed E-state index contributed by atoms with van der Waals surface area (Å²) in [6, 6.07) is 0. The zero-order valence-electron chi connectivity index (χ0n) is 5.37. The van der Waals surface area contributed by atoms with Crippen LogP contribution in [0.25, 0.3) is 0 Å². The predicted molar refractivity (Wildman–Crippen MR) is 44.1 cm³/mol. The van der Waals surface area contributed by atoms with Crippen molar-refractivity contribution in [2.45, 2.75) is 11.5 Å². The van der Waals surface area contributed by atoms with E-state index in [0.717, 1.165) is 11.5 Å². The van der Waals surface area contributed by atoms with Crippen molar-refractivity contribution < 1.29 is 4.21 Å². The first-order valence-electron chi connectivity index (χ1n) is 2.96. The Balaban J connectivity index is 2.49. The fourth-order valence-electron chi connectivity index (χ4n) is 0.739. The SMILES string of the molecule is C/C=C/[C@H]1SCC[S@@]1=O. The van der Waals surface area contributed by atoms with Gasteiger partial charge in [0.1, 0.15) is 0 Å². The van der Waals surface area contributed by atoms with E-state index in [4.69, 9.17) is 0 Å². The number of hydrogen-bond acceptors (Lipinski definition) is 2. The van der Waals surface area contributed by atoms with Gasteiger partial charge in [-0.3, -0.25) is 4.21 Å². The molecule has 9 heavy (non-hydrogen) atoms. The minimum atomic E-state index is -0.584. The summed E-state index contributed by atoms with van der Waals surface area (Å²) in [6.45, 7) is 1.97. The summed E-state index contributed by atoms with van der Waals surface area (Å²) in [4.78, 5) is 0. The van der Waals surface area contributed by atoms with Gasteiger partial charge in [-0.1, -0.05) is 12.2 Å². The fraction of sp³-hybridized carbons (Fsp3) is 0.667. The largest absolute Gasteiger partial charge is 0.258 e. The van der Waals surface area contributed by atoms with Crippen molar-refractivity contribution in [1.82, 2.24) is 0 Å². The lowest BCUT2D eigenvalue weighted by Gasteiger charge is -1.96. The van der Waals surface area contributed by atoms with E-state index in [9.17, 15) is 4.21 Å². The van der Waals surface area contributed by atoms with Gasteiger partial charge in [0.25, 0.3) is 0 Å². The minimum absolute atomic E-state index is 0.287. The normalized spacial score (nSPS) is 36.1. The molecular weight excluding hydrogens is 152 g/mol. The van der Waals surface area contributed by atoms with Crippen LogP contribution >= 0.6 is 11.8 Å². The molecule has 0 N–H and O–H groups in total. The summed E-state index contributed by atoms with van der Waals surface area (Å²) < 4.78 is 11.3. The third-order valence-electron chi connectivity index (χ3n) is 1.18. The van der Waals surface area contributed by atoms with Crippen molar-refractivity contribution in [2.24, 2.45) is 0 Å². The van der Waals surface area contributed by atoms with E-state index in [1.165, 1.54) is 0 Å². The van der Waals surface area contributed by atoms with Crippen molar-refractivity contribution in [3.8, 4) is 0 Å². The molecule has 0 amide bonds. The summed E-state index contributed by atoms with van der Waals surface area (Å²) in [6.07, 6.45) is 3.99. The third-order valence-corrected chi connectivity index (χ3v) is 4.69. The molecule has 0 aliphatic carbocycles. The van der Waals surface area contributed by atoms with Crippen LogP contribution in [0.15, 0.2) is 12.2 Å². The summed E-state index contributed by atoms with van der Waals surface area (Å²) in [7, 11) is -0.584. The second-order valence-corrected chi connectivity index (χ2v) is 5.08. The first kappa shape index (κ1) is 7.35. The molecule has 0 saturated carbocycles. The minimum Gasteiger partial charge on any atom is -0.258 e. The zero-order chi connectivity index (χ0) is 6.69. The predicted octanol–water partition coefficient (Wildman–Crippen LogP) is 1.38. The molecule has 1 saturated heterocycles. The van der Waals surface area contributed by atoms with E-state index in [2.05, 4.69) is 0 Å². The second-order valence-electron chi connectivity index (χ2n) is 1.85. The third kappa shape index (κ3) is 1.83. The highest BCUT2D eigenvalue weighted by molar-refractivity contribution is 8.14. The molecular formula is C6H10OS2. The molecule has 2 atom stereocenters. The highest BCUT2D eigenvalue weighted by Gasteiger charge is 2.19. The van der Waals surface area contributed by atoms with Crippen LogP contribution in [-0.2, 0) is 10.8 Å². The molecule has 0 aromatic rings. The average Bonchev–Trinajstić information content (AvgIpc) is 2.18. The van der Waals surface area contributed by atoms with Gasteiger partial charge in [0.05, 0.1) is 4.58 Å². The van der Waals surface area contributed by atoms with Gasteiger partial charge in [-0.25, -0.2) is 0 Å². The van der Waals surface area contributed by atoms with Crippen LogP contribution in [0.5, 0.6) is 0 Å². The molecule has 0 bridgehead atoms. The van der Waals surface area contributed by atoms with E-state index in [1.54, 1.807) is 11.8 Å². The van der Waals surface area contributed by atoms with Gasteiger partial charge in [-0.15, -0.1) is 11.8 Å². The van der Waals surface area contributed by atoms with E-state index >= 15 is 0 Å². The lowest BCUT2D eigenvalue weighted by atomic mass is 10.6. The molecule has 0 spiro atoms. The Morgan fingerprint density at radius 3 is 3.00 bits per heavy atom. The molecule has 3 heteroatoms. The van der Waals surface area contributed by atoms with E-state index in [1.807, 2.05) is 19.1 Å². The molecule has 1 aliphatic heterocycles. The Bertz CT molecular complexity index is 142. The number of rotatable bonds is 1. The first-order valence-corrected chi connectivity index (χ1v) is 5.39. The molecule has 0 unspecified atom stereocenters. The second kappa shape index (κ2) is 3.42. The Morgan fingerprint density at radius 1 is 1.78 bits per heavy atom. The molecule has 1 aliphatic rings. The Morgan fingerprint density at radius 2 is 2.56 bits per heavy atom. The highest BCUT2D eigenvalue weighted by Crippen LogP contribution is 2.23. The van der Waals surface area contributed by atoms with Crippen LogP contribution in [0.1, 0.15) is 6.92 Å². The quantitative estimate of drug-likeness (QED) is 0.542.